The van der Waals surface area contributed by atoms with Gasteiger partial charge in [0.05, 0.1) is 24.8 Å². The summed E-state index contributed by atoms with van der Waals surface area (Å²) in [7, 11) is -1.17. The van der Waals surface area contributed by atoms with Gasteiger partial charge in [0.15, 0.2) is 0 Å². The van der Waals surface area contributed by atoms with Gasteiger partial charge in [-0.05, 0) is 87.4 Å². The molecule has 0 spiro atoms. The fourth-order valence-electron chi connectivity index (χ4n) is 5.09. The third kappa shape index (κ3) is 9.36. The zero-order valence-corrected chi connectivity index (χ0v) is 28.6. The lowest BCUT2D eigenvalue weighted by molar-refractivity contribution is -0.140. The zero-order chi connectivity index (χ0) is 34.2. The summed E-state index contributed by atoms with van der Waals surface area (Å²) in [6, 6.07) is 28.7. The number of nitrogens with zero attached hydrogens (tertiary/aromatic N) is 2. The molecule has 0 aliphatic carbocycles. The molecule has 0 unspecified atom stereocenters. The minimum Gasteiger partial charge on any atom is -0.497 e. The van der Waals surface area contributed by atoms with E-state index in [1.165, 1.54) is 24.1 Å². The lowest BCUT2D eigenvalue weighted by atomic mass is 10.0. The summed E-state index contributed by atoms with van der Waals surface area (Å²) in [5.74, 6) is 0.199. The van der Waals surface area contributed by atoms with Crippen LogP contribution in [0.2, 0.25) is 0 Å². The van der Waals surface area contributed by atoms with Crippen molar-refractivity contribution < 1.29 is 27.5 Å². The Morgan fingerprint density at radius 3 is 2.00 bits per heavy atom. The summed E-state index contributed by atoms with van der Waals surface area (Å²) < 4.78 is 40.2. The molecule has 1 atom stereocenters. The van der Waals surface area contributed by atoms with Crippen LogP contribution >= 0.6 is 0 Å². The average molecular weight is 658 g/mol. The monoisotopic (exact) mass is 657 g/mol. The summed E-state index contributed by atoms with van der Waals surface area (Å²) in [6.07, 6.45) is 0.216. The van der Waals surface area contributed by atoms with E-state index in [0.717, 1.165) is 21.0 Å². The first-order chi connectivity index (χ1) is 22.3. The maximum atomic E-state index is 14.6. The van der Waals surface area contributed by atoms with Crippen molar-refractivity contribution in [3.8, 4) is 11.5 Å². The Balaban J connectivity index is 1.82. The fraction of sp³-hybridized carbons (Fsp3) is 0.297. The second kappa shape index (κ2) is 15.2. The molecule has 10 heteroatoms. The predicted octanol–water partition coefficient (Wildman–Crippen LogP) is 5.76. The maximum absolute atomic E-state index is 14.6. The molecule has 0 heterocycles. The van der Waals surface area contributed by atoms with Gasteiger partial charge in [-0.15, -0.1) is 0 Å². The van der Waals surface area contributed by atoms with Crippen LogP contribution in [0, 0.1) is 6.92 Å². The standard InChI is InChI=1S/C37H43N3O6S/c1-27-15-17-30(18-16-27)40(47(43,44)33-21-19-31(45-5)20-22-33)26-35(41)39(25-29-13-10-14-32(23-29)46-6)34(36(42)38-37(2,3)4)24-28-11-8-7-9-12-28/h7-23,34H,24-26H2,1-6H3,(H,38,42)/t34-/m0/s1. The number of carbonyl (C=O) groups excluding carboxylic acids is 2. The second-order valence-electron chi connectivity index (χ2n) is 12.3. The molecule has 0 saturated carbocycles. The van der Waals surface area contributed by atoms with Crippen molar-refractivity contribution in [3.05, 3.63) is 120 Å². The smallest absolute Gasteiger partial charge is 0.264 e. The van der Waals surface area contributed by atoms with Crippen LogP contribution in [-0.2, 0) is 32.6 Å². The van der Waals surface area contributed by atoms with Crippen molar-refractivity contribution in [1.29, 1.82) is 0 Å². The molecule has 0 fully saturated rings. The number of carbonyl (C=O) groups is 2. The van der Waals surface area contributed by atoms with Crippen LogP contribution in [0.1, 0.15) is 37.5 Å². The Kier molecular flexibility index (Phi) is 11.3. The number of amides is 2. The zero-order valence-electron chi connectivity index (χ0n) is 27.8. The number of anilines is 1. The molecule has 0 bridgehead atoms. The average Bonchev–Trinajstić information content (AvgIpc) is 3.05. The maximum Gasteiger partial charge on any atom is 0.264 e. The van der Waals surface area contributed by atoms with Crippen LogP contribution in [0.5, 0.6) is 11.5 Å². The van der Waals surface area contributed by atoms with Crippen LogP contribution in [0.3, 0.4) is 0 Å². The molecule has 1 N–H and O–H groups in total. The summed E-state index contributed by atoms with van der Waals surface area (Å²) in [5, 5.41) is 3.04. The minimum atomic E-state index is -4.23. The SMILES string of the molecule is COc1ccc(S(=O)(=O)N(CC(=O)N(Cc2cccc(OC)c2)[C@@H](Cc2ccccc2)C(=O)NC(C)(C)C)c2ccc(C)cc2)cc1. The van der Waals surface area contributed by atoms with Crippen molar-refractivity contribution in [2.45, 2.75) is 57.1 Å². The summed E-state index contributed by atoms with van der Waals surface area (Å²) in [5.41, 5.74) is 2.25. The molecule has 4 aromatic rings. The third-order valence-corrected chi connectivity index (χ3v) is 9.29. The Morgan fingerprint density at radius 2 is 1.40 bits per heavy atom. The molecule has 0 radical (unpaired) electrons. The lowest BCUT2D eigenvalue weighted by Gasteiger charge is -2.35. The highest BCUT2D eigenvalue weighted by Gasteiger charge is 2.35. The highest BCUT2D eigenvalue weighted by atomic mass is 32.2. The highest BCUT2D eigenvalue weighted by Crippen LogP contribution is 2.27. The molecule has 4 aromatic carbocycles. The van der Waals surface area contributed by atoms with Crippen molar-refractivity contribution in [1.82, 2.24) is 10.2 Å². The van der Waals surface area contributed by atoms with Gasteiger partial charge < -0.3 is 19.7 Å². The first-order valence-electron chi connectivity index (χ1n) is 15.3. The normalized spacial score (nSPS) is 12.1. The number of nitrogens with one attached hydrogen (secondary N) is 1. The number of hydrogen-bond donors (Lipinski definition) is 1. The molecule has 0 aliphatic heterocycles. The Bertz CT molecular complexity index is 1750. The molecule has 47 heavy (non-hydrogen) atoms. The summed E-state index contributed by atoms with van der Waals surface area (Å²) in [6.45, 7) is 7.01. The molecule has 2 amide bonds. The number of methoxy groups -OCH3 is 2. The largest absolute Gasteiger partial charge is 0.497 e. The van der Waals surface area contributed by atoms with Crippen LogP contribution in [-0.4, -0.2) is 57.5 Å². The van der Waals surface area contributed by atoms with Crippen LogP contribution < -0.4 is 19.1 Å². The number of sulfonamides is 1. The topological polar surface area (TPSA) is 105 Å². The first-order valence-corrected chi connectivity index (χ1v) is 16.8. The molecular formula is C37H43N3O6S. The number of aryl methyl sites for hydroxylation is 1. The van der Waals surface area contributed by atoms with Crippen LogP contribution in [0.25, 0.3) is 0 Å². The fourth-order valence-corrected chi connectivity index (χ4v) is 6.50. The molecule has 248 valence electrons. The van der Waals surface area contributed by atoms with Crippen molar-refractivity contribution in [2.24, 2.45) is 0 Å². The number of ether oxygens (including phenoxy) is 2. The van der Waals surface area contributed by atoms with E-state index in [-0.39, 0.29) is 23.8 Å². The van der Waals surface area contributed by atoms with Gasteiger partial charge in [-0.3, -0.25) is 13.9 Å². The van der Waals surface area contributed by atoms with Gasteiger partial charge in [-0.25, -0.2) is 8.42 Å². The van der Waals surface area contributed by atoms with Gasteiger partial charge in [-0.1, -0.05) is 60.2 Å². The van der Waals surface area contributed by atoms with Crippen LogP contribution in [0.15, 0.2) is 108 Å². The van der Waals surface area contributed by atoms with Gasteiger partial charge in [0.25, 0.3) is 10.0 Å². The van der Waals surface area contributed by atoms with E-state index in [0.29, 0.717) is 17.2 Å². The molecular weight excluding hydrogens is 614 g/mol. The predicted molar refractivity (Wildman–Crippen MR) is 184 cm³/mol. The van der Waals surface area contributed by atoms with Crippen molar-refractivity contribution in [3.63, 3.8) is 0 Å². The molecule has 0 aliphatic rings. The Morgan fingerprint density at radius 1 is 0.787 bits per heavy atom. The summed E-state index contributed by atoms with van der Waals surface area (Å²) in [4.78, 5) is 30.1. The van der Waals surface area contributed by atoms with Crippen LogP contribution in [0.4, 0.5) is 5.69 Å². The van der Waals surface area contributed by atoms with E-state index in [1.807, 2.05) is 70.2 Å². The molecule has 0 aromatic heterocycles. The molecule has 9 nitrogen and oxygen atoms in total. The van der Waals surface area contributed by atoms with Crippen molar-refractivity contribution >= 4 is 27.5 Å². The minimum absolute atomic E-state index is 0.00247. The van der Waals surface area contributed by atoms with Gasteiger partial charge in [0.1, 0.15) is 24.1 Å². The number of rotatable bonds is 13. The quantitative estimate of drug-likeness (QED) is 0.196. The van der Waals surface area contributed by atoms with Crippen molar-refractivity contribution in [2.75, 3.05) is 25.1 Å². The molecule has 4 rings (SSSR count). The van der Waals surface area contributed by atoms with E-state index in [4.69, 9.17) is 9.47 Å². The Hall–Kier alpha value is -4.83. The lowest BCUT2D eigenvalue weighted by Crippen LogP contribution is -2.56. The van der Waals surface area contributed by atoms with E-state index >= 15 is 0 Å². The summed E-state index contributed by atoms with van der Waals surface area (Å²) >= 11 is 0. The second-order valence-corrected chi connectivity index (χ2v) is 14.2. The van der Waals surface area contributed by atoms with E-state index in [1.54, 1.807) is 55.6 Å². The van der Waals surface area contributed by atoms with Gasteiger partial charge in [0.2, 0.25) is 11.8 Å². The number of hydrogen-bond acceptors (Lipinski definition) is 6. The first kappa shape index (κ1) is 35.0. The van der Waals surface area contributed by atoms with Gasteiger partial charge >= 0.3 is 0 Å². The molecule has 0 saturated heterocycles. The van der Waals surface area contributed by atoms with E-state index in [9.17, 15) is 18.0 Å². The van der Waals surface area contributed by atoms with Gasteiger partial charge in [-0.2, -0.15) is 0 Å². The Labute approximate surface area is 278 Å². The third-order valence-electron chi connectivity index (χ3n) is 7.50. The van der Waals surface area contributed by atoms with E-state index < -0.39 is 34.1 Å². The van der Waals surface area contributed by atoms with E-state index in [2.05, 4.69) is 5.32 Å². The van der Waals surface area contributed by atoms with Gasteiger partial charge in [0, 0.05) is 18.5 Å². The highest BCUT2D eigenvalue weighted by molar-refractivity contribution is 7.92. The number of benzene rings is 4.